The normalized spacial score (nSPS) is 42.1. The number of nitrogens with zero attached hydrogens (tertiary/aromatic N) is 1. The predicted octanol–water partition coefficient (Wildman–Crippen LogP) is 3.01. The lowest BCUT2D eigenvalue weighted by Crippen LogP contribution is -2.61. The van der Waals surface area contributed by atoms with Gasteiger partial charge in [0.2, 0.25) is 0 Å². The second-order valence-electron chi connectivity index (χ2n) is 16.5. The standard InChI is InChI=1S/C41H67NO15/c1-11-32(45)54-31-20-34(47)50-23(4)18-30-29(53-30)14-13-28(44)22(3)17-26(15-16-43)38(39(31)49-10)56-35-19-27(42(8)9)37(24(5)51-35)57-36-21-41(7,48)40(25(6)52-36)55-33(46)12-2/h13-14,16,22-31,35-40,44,48H,11-12,15,17-21H2,1-10H3. The van der Waals surface area contributed by atoms with Gasteiger partial charge in [-0.1, -0.05) is 32.9 Å². The molecular weight excluding hydrogens is 746 g/mol. The Hall–Kier alpha value is -2.54. The van der Waals surface area contributed by atoms with Crippen molar-refractivity contribution in [2.75, 3.05) is 21.2 Å². The average molecular weight is 814 g/mol. The fourth-order valence-electron chi connectivity index (χ4n) is 8.28. The number of aliphatic hydroxyl groups excluding tert-OH is 1. The third-order valence-corrected chi connectivity index (χ3v) is 11.5. The highest BCUT2D eigenvalue weighted by Crippen LogP contribution is 2.38. The number of likely N-dealkylation sites (N-methyl/N-ethyl adjacent to an activating group) is 1. The summed E-state index contributed by atoms with van der Waals surface area (Å²) in [6, 6.07) is -0.306. The molecule has 326 valence electrons. The molecular formula is C41H67NO15. The van der Waals surface area contributed by atoms with Gasteiger partial charge in [0.15, 0.2) is 18.7 Å². The van der Waals surface area contributed by atoms with Crippen LogP contribution in [0, 0.1) is 11.8 Å². The largest absolute Gasteiger partial charge is 0.462 e. The van der Waals surface area contributed by atoms with Crippen molar-refractivity contribution >= 4 is 24.2 Å². The first kappa shape index (κ1) is 47.1. The molecule has 0 saturated carbocycles. The molecule has 0 bridgehead atoms. The molecule has 3 saturated heterocycles. The van der Waals surface area contributed by atoms with Crippen molar-refractivity contribution in [2.45, 2.75) is 191 Å². The van der Waals surface area contributed by atoms with Crippen molar-refractivity contribution in [3.63, 3.8) is 0 Å². The Labute approximate surface area is 337 Å². The van der Waals surface area contributed by atoms with Crippen LogP contribution in [0.2, 0.25) is 0 Å². The predicted molar refractivity (Wildman–Crippen MR) is 203 cm³/mol. The first-order valence-electron chi connectivity index (χ1n) is 20.5. The monoisotopic (exact) mass is 813 g/mol. The zero-order valence-corrected chi connectivity index (χ0v) is 35.3. The second kappa shape index (κ2) is 21.1. The topological polar surface area (TPSA) is 198 Å². The van der Waals surface area contributed by atoms with Gasteiger partial charge >= 0.3 is 17.9 Å². The lowest BCUT2D eigenvalue weighted by atomic mass is 9.82. The van der Waals surface area contributed by atoms with Crippen molar-refractivity contribution in [3.05, 3.63) is 12.2 Å². The van der Waals surface area contributed by atoms with Crippen LogP contribution in [0.25, 0.3) is 0 Å². The average Bonchev–Trinajstić information content (AvgIpc) is 3.88. The Morgan fingerprint density at radius 1 is 0.912 bits per heavy atom. The highest BCUT2D eigenvalue weighted by molar-refractivity contribution is 5.72. The zero-order chi connectivity index (χ0) is 42.2. The number of esters is 3. The quantitative estimate of drug-likeness (QED) is 0.0958. The van der Waals surface area contributed by atoms with Gasteiger partial charge in [0.05, 0.1) is 36.9 Å². The van der Waals surface area contributed by atoms with Crippen LogP contribution in [0.3, 0.4) is 0 Å². The van der Waals surface area contributed by atoms with Gasteiger partial charge in [-0.3, -0.25) is 14.4 Å². The van der Waals surface area contributed by atoms with E-state index in [-0.39, 0.29) is 62.7 Å². The molecule has 17 unspecified atom stereocenters. The Morgan fingerprint density at radius 2 is 1.56 bits per heavy atom. The van der Waals surface area contributed by atoms with Gasteiger partial charge in [-0.25, -0.2) is 0 Å². The Balaban J connectivity index is 1.63. The summed E-state index contributed by atoms with van der Waals surface area (Å²) >= 11 is 0. The van der Waals surface area contributed by atoms with Gasteiger partial charge in [0.25, 0.3) is 0 Å². The number of carbonyl (C=O) groups excluding carboxylic acids is 4. The van der Waals surface area contributed by atoms with E-state index in [1.165, 1.54) is 7.11 Å². The molecule has 0 aromatic carbocycles. The van der Waals surface area contributed by atoms with Crippen LogP contribution in [-0.4, -0.2) is 152 Å². The number of cyclic esters (lactones) is 1. The fourth-order valence-corrected chi connectivity index (χ4v) is 8.28. The molecule has 0 spiro atoms. The molecule has 4 heterocycles. The van der Waals surface area contributed by atoms with E-state index in [9.17, 15) is 29.4 Å². The number of rotatable bonds is 12. The van der Waals surface area contributed by atoms with Crippen LogP contribution in [0.5, 0.6) is 0 Å². The van der Waals surface area contributed by atoms with Crippen molar-refractivity contribution in [1.29, 1.82) is 0 Å². The van der Waals surface area contributed by atoms with Crippen molar-refractivity contribution in [3.8, 4) is 0 Å². The van der Waals surface area contributed by atoms with Gasteiger partial charge in [0, 0.05) is 51.7 Å². The Kier molecular flexibility index (Phi) is 17.5. The van der Waals surface area contributed by atoms with Crippen LogP contribution in [0.15, 0.2) is 12.2 Å². The Morgan fingerprint density at radius 3 is 2.18 bits per heavy atom. The maximum absolute atomic E-state index is 13.4. The summed E-state index contributed by atoms with van der Waals surface area (Å²) in [6.07, 6.45) is -4.13. The molecule has 2 N–H and O–H groups in total. The van der Waals surface area contributed by atoms with Crippen molar-refractivity contribution in [2.24, 2.45) is 11.8 Å². The van der Waals surface area contributed by atoms with E-state index in [0.717, 1.165) is 6.29 Å². The summed E-state index contributed by atoms with van der Waals surface area (Å²) in [4.78, 5) is 52.6. The van der Waals surface area contributed by atoms with Crippen LogP contribution >= 0.6 is 0 Å². The maximum Gasteiger partial charge on any atom is 0.309 e. The van der Waals surface area contributed by atoms with Crippen molar-refractivity contribution in [1.82, 2.24) is 4.90 Å². The first-order chi connectivity index (χ1) is 26.9. The summed E-state index contributed by atoms with van der Waals surface area (Å²) in [6.45, 7) is 12.1. The van der Waals surface area contributed by atoms with E-state index in [1.54, 1.807) is 40.7 Å². The summed E-state index contributed by atoms with van der Waals surface area (Å²) in [7, 11) is 5.22. The number of epoxide rings is 1. The van der Waals surface area contributed by atoms with Gasteiger partial charge < -0.3 is 62.5 Å². The molecule has 0 amide bonds. The molecule has 0 radical (unpaired) electrons. The minimum Gasteiger partial charge on any atom is -0.462 e. The number of hydrogen-bond acceptors (Lipinski definition) is 16. The summed E-state index contributed by atoms with van der Waals surface area (Å²) in [5, 5.41) is 22.6. The van der Waals surface area contributed by atoms with E-state index < -0.39 is 96.9 Å². The number of carbonyl (C=O) groups is 4. The van der Waals surface area contributed by atoms with E-state index in [4.69, 9.17) is 42.6 Å². The summed E-state index contributed by atoms with van der Waals surface area (Å²) in [5.74, 6) is -2.53. The molecule has 4 aliphatic rings. The van der Waals surface area contributed by atoms with Crippen LogP contribution < -0.4 is 0 Å². The Bertz CT molecular complexity index is 1360. The fraction of sp³-hybridized carbons (Fsp3) is 0.854. The van der Waals surface area contributed by atoms with E-state index >= 15 is 0 Å². The molecule has 16 heteroatoms. The number of methoxy groups -OCH3 is 1. The molecule has 4 aliphatic heterocycles. The second-order valence-corrected chi connectivity index (χ2v) is 16.5. The number of aliphatic hydroxyl groups is 2. The molecule has 0 aromatic rings. The van der Waals surface area contributed by atoms with Gasteiger partial charge in [-0.15, -0.1) is 0 Å². The molecule has 4 rings (SSSR count). The highest BCUT2D eigenvalue weighted by atomic mass is 16.7. The van der Waals surface area contributed by atoms with E-state index in [0.29, 0.717) is 12.8 Å². The SMILES string of the molecule is CCC(=O)OC1CC(=O)OC(C)CC2OC2C=CC(O)C(C)CC(CC=O)C(OC2CC(N(C)C)C(OC3CC(C)(O)C(OC(=O)CC)C(C)O3)C(C)O2)C1OC. The molecule has 3 fully saturated rings. The summed E-state index contributed by atoms with van der Waals surface area (Å²) in [5.41, 5.74) is -1.42. The van der Waals surface area contributed by atoms with E-state index in [2.05, 4.69) is 0 Å². The third-order valence-electron chi connectivity index (χ3n) is 11.5. The molecule has 16 nitrogen and oxygen atoms in total. The number of ether oxygens (including phenoxy) is 9. The van der Waals surface area contributed by atoms with Crippen molar-refractivity contribution < 1.29 is 72.0 Å². The third kappa shape index (κ3) is 13.0. The highest BCUT2D eigenvalue weighted by Gasteiger charge is 2.50. The van der Waals surface area contributed by atoms with Gasteiger partial charge in [-0.05, 0) is 60.0 Å². The lowest BCUT2D eigenvalue weighted by molar-refractivity contribution is -0.325. The molecule has 57 heavy (non-hydrogen) atoms. The zero-order valence-electron chi connectivity index (χ0n) is 35.3. The minimum atomic E-state index is -1.42. The first-order valence-corrected chi connectivity index (χ1v) is 20.5. The van der Waals surface area contributed by atoms with Gasteiger partial charge in [0.1, 0.15) is 42.4 Å². The molecule has 0 aromatic heterocycles. The molecule has 0 aliphatic carbocycles. The minimum absolute atomic E-state index is 0.00580. The molecule has 17 atom stereocenters. The van der Waals surface area contributed by atoms with Crippen LogP contribution in [0.4, 0.5) is 0 Å². The van der Waals surface area contributed by atoms with E-state index in [1.807, 2.05) is 38.9 Å². The number of aldehydes is 1. The number of fused-ring (bicyclic) bond motifs is 1. The van der Waals surface area contributed by atoms with Gasteiger partial charge in [-0.2, -0.15) is 0 Å². The maximum atomic E-state index is 13.4. The smallest absolute Gasteiger partial charge is 0.309 e. The summed E-state index contributed by atoms with van der Waals surface area (Å²) < 4.78 is 54.9. The number of hydrogen-bond donors (Lipinski definition) is 2. The van der Waals surface area contributed by atoms with Crippen LogP contribution in [0.1, 0.15) is 99.8 Å². The lowest BCUT2D eigenvalue weighted by Gasteiger charge is -2.48. The van der Waals surface area contributed by atoms with Crippen LogP contribution in [-0.2, 0) is 61.8 Å².